The number of non-ortho nitro benzene ring substituents is 1. The van der Waals surface area contributed by atoms with Crippen molar-refractivity contribution in [2.24, 2.45) is 11.7 Å². The zero-order valence-electron chi connectivity index (χ0n) is 11.0. The van der Waals surface area contributed by atoms with Gasteiger partial charge in [-0.1, -0.05) is 6.07 Å². The summed E-state index contributed by atoms with van der Waals surface area (Å²) < 4.78 is 5.31. The molecule has 108 valence electrons. The van der Waals surface area contributed by atoms with Gasteiger partial charge in [0.25, 0.3) is 11.6 Å². The van der Waals surface area contributed by atoms with Crippen LogP contribution >= 0.6 is 0 Å². The van der Waals surface area contributed by atoms with Crippen molar-refractivity contribution in [1.82, 2.24) is 4.90 Å². The third kappa shape index (κ3) is 3.45. The number of nitrogens with zero attached hydrogens (tertiary/aromatic N) is 2. The lowest BCUT2D eigenvalue weighted by atomic mass is 10.1. The number of hydrogen-bond acceptors (Lipinski definition) is 5. The highest BCUT2D eigenvalue weighted by atomic mass is 16.6. The summed E-state index contributed by atoms with van der Waals surface area (Å²) in [4.78, 5) is 23.8. The van der Waals surface area contributed by atoms with E-state index in [1.807, 2.05) is 0 Å². The van der Waals surface area contributed by atoms with E-state index in [1.54, 1.807) is 11.0 Å². The fourth-order valence-corrected chi connectivity index (χ4v) is 2.17. The summed E-state index contributed by atoms with van der Waals surface area (Å²) in [6.07, 6.45) is 0.916. The van der Waals surface area contributed by atoms with Crippen molar-refractivity contribution >= 4 is 11.6 Å². The molecule has 1 atom stereocenters. The highest BCUT2D eigenvalue weighted by molar-refractivity contribution is 5.78. The van der Waals surface area contributed by atoms with Gasteiger partial charge < -0.3 is 15.4 Å². The van der Waals surface area contributed by atoms with E-state index >= 15 is 0 Å². The standard InChI is InChI=1S/C13H17N3O4/c14-7-10-4-5-15(8-10)13(17)9-20-12-3-1-2-11(6-12)16(18)19/h1-3,6,10H,4-5,7-9,14H2. The van der Waals surface area contributed by atoms with Crippen molar-refractivity contribution in [2.75, 3.05) is 26.2 Å². The Morgan fingerprint density at radius 3 is 3.00 bits per heavy atom. The maximum Gasteiger partial charge on any atom is 0.273 e. The Hall–Kier alpha value is -2.15. The van der Waals surface area contributed by atoms with Gasteiger partial charge >= 0.3 is 0 Å². The molecule has 20 heavy (non-hydrogen) atoms. The normalized spacial score (nSPS) is 18.1. The third-order valence-electron chi connectivity index (χ3n) is 3.36. The number of nitrogens with two attached hydrogens (primary N) is 1. The van der Waals surface area contributed by atoms with Gasteiger partial charge in [0.2, 0.25) is 0 Å². The molecule has 2 rings (SSSR count). The summed E-state index contributed by atoms with van der Waals surface area (Å²) in [6.45, 7) is 1.82. The van der Waals surface area contributed by atoms with Gasteiger partial charge in [-0.25, -0.2) is 0 Å². The molecule has 1 aromatic rings. The van der Waals surface area contributed by atoms with Gasteiger partial charge in [0, 0.05) is 19.2 Å². The monoisotopic (exact) mass is 279 g/mol. The molecule has 1 aliphatic rings. The van der Waals surface area contributed by atoms with Crippen LogP contribution in [0.5, 0.6) is 5.75 Å². The van der Waals surface area contributed by atoms with Crippen LogP contribution in [0.4, 0.5) is 5.69 Å². The third-order valence-corrected chi connectivity index (χ3v) is 3.36. The molecule has 1 saturated heterocycles. The summed E-state index contributed by atoms with van der Waals surface area (Å²) in [5.74, 6) is 0.561. The maximum atomic E-state index is 11.9. The predicted molar refractivity (Wildman–Crippen MR) is 72.3 cm³/mol. The second-order valence-corrected chi connectivity index (χ2v) is 4.77. The van der Waals surface area contributed by atoms with E-state index in [1.165, 1.54) is 18.2 Å². The summed E-state index contributed by atoms with van der Waals surface area (Å²) in [5, 5.41) is 10.6. The minimum Gasteiger partial charge on any atom is -0.484 e. The summed E-state index contributed by atoms with van der Waals surface area (Å²) in [5.41, 5.74) is 5.52. The van der Waals surface area contributed by atoms with E-state index in [0.717, 1.165) is 6.42 Å². The number of benzene rings is 1. The second kappa shape index (κ2) is 6.33. The smallest absolute Gasteiger partial charge is 0.273 e. The Balaban J connectivity index is 1.87. The molecule has 7 heteroatoms. The van der Waals surface area contributed by atoms with Crippen LogP contribution in [0.3, 0.4) is 0 Å². The van der Waals surface area contributed by atoms with Crippen molar-refractivity contribution in [2.45, 2.75) is 6.42 Å². The Morgan fingerprint density at radius 2 is 2.35 bits per heavy atom. The number of nitro groups is 1. The van der Waals surface area contributed by atoms with E-state index in [2.05, 4.69) is 0 Å². The van der Waals surface area contributed by atoms with E-state index in [9.17, 15) is 14.9 Å². The molecule has 0 radical (unpaired) electrons. The first-order valence-corrected chi connectivity index (χ1v) is 6.45. The van der Waals surface area contributed by atoms with Crippen molar-refractivity contribution in [3.05, 3.63) is 34.4 Å². The number of hydrogen-bond donors (Lipinski definition) is 1. The van der Waals surface area contributed by atoms with Crippen molar-refractivity contribution in [1.29, 1.82) is 0 Å². The predicted octanol–water partition coefficient (Wildman–Crippen LogP) is 0.781. The highest BCUT2D eigenvalue weighted by Gasteiger charge is 2.25. The van der Waals surface area contributed by atoms with Gasteiger partial charge in [-0.3, -0.25) is 14.9 Å². The van der Waals surface area contributed by atoms with E-state index in [4.69, 9.17) is 10.5 Å². The minimum absolute atomic E-state index is 0.0562. The van der Waals surface area contributed by atoms with Gasteiger partial charge in [-0.15, -0.1) is 0 Å². The molecular weight excluding hydrogens is 262 g/mol. The van der Waals surface area contributed by atoms with E-state index < -0.39 is 4.92 Å². The molecule has 1 aliphatic heterocycles. The Kier molecular flexibility index (Phi) is 4.52. The van der Waals surface area contributed by atoms with Crippen molar-refractivity contribution in [3.8, 4) is 5.75 Å². The molecule has 1 heterocycles. The first-order chi connectivity index (χ1) is 9.60. The van der Waals surface area contributed by atoms with E-state index in [0.29, 0.717) is 31.3 Å². The van der Waals surface area contributed by atoms with Gasteiger partial charge in [0.15, 0.2) is 6.61 Å². The molecule has 1 fully saturated rings. The van der Waals surface area contributed by atoms with Crippen LogP contribution in [0.2, 0.25) is 0 Å². The SMILES string of the molecule is NCC1CCN(C(=O)COc2cccc([N+](=O)[O-])c2)C1. The largest absolute Gasteiger partial charge is 0.484 e. The molecule has 2 N–H and O–H groups in total. The zero-order valence-corrected chi connectivity index (χ0v) is 11.0. The number of ether oxygens (including phenoxy) is 1. The fourth-order valence-electron chi connectivity index (χ4n) is 2.17. The molecule has 1 aromatic carbocycles. The topological polar surface area (TPSA) is 98.7 Å². The number of nitro benzene ring substituents is 1. The Morgan fingerprint density at radius 1 is 1.55 bits per heavy atom. The summed E-state index contributed by atoms with van der Waals surface area (Å²) in [6, 6.07) is 5.80. The van der Waals surface area contributed by atoms with Crippen LogP contribution in [0.1, 0.15) is 6.42 Å². The maximum absolute atomic E-state index is 11.9. The molecule has 1 amide bonds. The molecule has 0 aromatic heterocycles. The number of rotatable bonds is 5. The first-order valence-electron chi connectivity index (χ1n) is 6.45. The van der Waals surface area contributed by atoms with Crippen LogP contribution in [0.15, 0.2) is 24.3 Å². The van der Waals surface area contributed by atoms with Crippen molar-refractivity contribution < 1.29 is 14.5 Å². The molecule has 1 unspecified atom stereocenters. The molecule has 7 nitrogen and oxygen atoms in total. The highest BCUT2D eigenvalue weighted by Crippen LogP contribution is 2.20. The van der Waals surface area contributed by atoms with Gasteiger partial charge in [-0.05, 0) is 24.9 Å². The van der Waals surface area contributed by atoms with Crippen molar-refractivity contribution in [3.63, 3.8) is 0 Å². The minimum atomic E-state index is -0.499. The van der Waals surface area contributed by atoms with Crippen LogP contribution in [0.25, 0.3) is 0 Å². The lowest BCUT2D eigenvalue weighted by molar-refractivity contribution is -0.384. The van der Waals surface area contributed by atoms with Crippen LogP contribution < -0.4 is 10.5 Å². The fraction of sp³-hybridized carbons (Fsp3) is 0.462. The van der Waals surface area contributed by atoms with Gasteiger partial charge in [0.05, 0.1) is 11.0 Å². The quantitative estimate of drug-likeness (QED) is 0.634. The number of carbonyl (C=O) groups excluding carboxylic acids is 1. The van der Waals surface area contributed by atoms with Gasteiger partial charge in [-0.2, -0.15) is 0 Å². The first kappa shape index (κ1) is 14.3. The van der Waals surface area contributed by atoms with E-state index in [-0.39, 0.29) is 18.2 Å². The summed E-state index contributed by atoms with van der Waals surface area (Å²) >= 11 is 0. The average Bonchev–Trinajstić information content (AvgIpc) is 2.94. The molecule has 0 aliphatic carbocycles. The summed E-state index contributed by atoms with van der Waals surface area (Å²) in [7, 11) is 0. The number of amides is 1. The van der Waals surface area contributed by atoms with Crippen LogP contribution in [-0.4, -0.2) is 42.0 Å². The molecule has 0 saturated carbocycles. The number of likely N-dealkylation sites (tertiary alicyclic amines) is 1. The average molecular weight is 279 g/mol. The van der Waals surface area contributed by atoms with Crippen LogP contribution in [0, 0.1) is 16.0 Å². The molecular formula is C13H17N3O4. The lowest BCUT2D eigenvalue weighted by Gasteiger charge is -2.16. The lowest BCUT2D eigenvalue weighted by Crippen LogP contribution is -2.33. The molecule has 0 spiro atoms. The molecule has 0 bridgehead atoms. The van der Waals surface area contributed by atoms with Crippen LogP contribution in [-0.2, 0) is 4.79 Å². The Bertz CT molecular complexity index is 506. The second-order valence-electron chi connectivity index (χ2n) is 4.77. The Labute approximate surface area is 116 Å². The van der Waals surface area contributed by atoms with Gasteiger partial charge in [0.1, 0.15) is 5.75 Å². The zero-order chi connectivity index (χ0) is 14.5. The number of carbonyl (C=O) groups is 1.